The standard InChI is InChI=1S/C16H21N3OS/c1-3-4-9-19(2)13-7-8-15(17-12-13)18-16(20)11-14-6-5-10-21-14/h5-8,10,12H,3-4,9,11H2,1-2H3,(H,17,18,20). The van der Waals surface area contributed by atoms with E-state index >= 15 is 0 Å². The van der Waals surface area contributed by atoms with Crippen LogP contribution in [0.4, 0.5) is 11.5 Å². The van der Waals surface area contributed by atoms with Crippen LogP contribution in [-0.2, 0) is 11.2 Å². The Morgan fingerprint density at radius 2 is 2.24 bits per heavy atom. The van der Waals surface area contributed by atoms with Crippen molar-refractivity contribution in [3.05, 3.63) is 40.7 Å². The summed E-state index contributed by atoms with van der Waals surface area (Å²) in [6.07, 6.45) is 4.54. The third kappa shape index (κ3) is 4.86. The van der Waals surface area contributed by atoms with Gasteiger partial charge in [-0.2, -0.15) is 0 Å². The van der Waals surface area contributed by atoms with Crippen molar-refractivity contribution in [1.29, 1.82) is 0 Å². The van der Waals surface area contributed by atoms with Crippen molar-refractivity contribution < 1.29 is 4.79 Å². The molecule has 4 nitrogen and oxygen atoms in total. The molecule has 0 aliphatic carbocycles. The first-order valence-electron chi connectivity index (χ1n) is 7.18. The van der Waals surface area contributed by atoms with Crippen LogP contribution < -0.4 is 10.2 Å². The van der Waals surface area contributed by atoms with Gasteiger partial charge in [-0.05, 0) is 30.0 Å². The Balaban J connectivity index is 1.88. The zero-order valence-electron chi connectivity index (χ0n) is 12.5. The predicted octanol–water partition coefficient (Wildman–Crippen LogP) is 3.56. The molecule has 0 spiro atoms. The number of pyridine rings is 1. The van der Waals surface area contributed by atoms with Crippen LogP contribution in [0.1, 0.15) is 24.6 Å². The lowest BCUT2D eigenvalue weighted by molar-refractivity contribution is -0.115. The third-order valence-corrected chi connectivity index (χ3v) is 4.09. The first-order chi connectivity index (χ1) is 10.2. The molecule has 0 fully saturated rings. The van der Waals surface area contributed by atoms with Gasteiger partial charge in [0.25, 0.3) is 0 Å². The Morgan fingerprint density at radius 3 is 2.86 bits per heavy atom. The molecule has 112 valence electrons. The second kappa shape index (κ2) is 7.78. The van der Waals surface area contributed by atoms with Crippen molar-refractivity contribution in [2.24, 2.45) is 0 Å². The summed E-state index contributed by atoms with van der Waals surface area (Å²) in [6, 6.07) is 7.75. The van der Waals surface area contributed by atoms with Crippen LogP contribution in [-0.4, -0.2) is 24.5 Å². The van der Waals surface area contributed by atoms with Gasteiger partial charge in [0.2, 0.25) is 5.91 Å². The lowest BCUT2D eigenvalue weighted by Crippen LogP contribution is -2.19. The molecule has 0 aliphatic heterocycles. The molecule has 0 saturated carbocycles. The Morgan fingerprint density at radius 1 is 1.38 bits per heavy atom. The van der Waals surface area contributed by atoms with E-state index in [0.29, 0.717) is 12.2 Å². The fourth-order valence-electron chi connectivity index (χ4n) is 1.97. The van der Waals surface area contributed by atoms with Gasteiger partial charge in [-0.1, -0.05) is 19.4 Å². The Labute approximate surface area is 129 Å². The lowest BCUT2D eigenvalue weighted by atomic mass is 10.3. The van der Waals surface area contributed by atoms with Crippen molar-refractivity contribution in [1.82, 2.24) is 4.98 Å². The molecule has 0 aliphatic rings. The summed E-state index contributed by atoms with van der Waals surface area (Å²) in [4.78, 5) is 19.4. The van der Waals surface area contributed by atoms with E-state index in [2.05, 4.69) is 29.2 Å². The van der Waals surface area contributed by atoms with Gasteiger partial charge >= 0.3 is 0 Å². The smallest absolute Gasteiger partial charge is 0.230 e. The maximum absolute atomic E-state index is 11.9. The van der Waals surface area contributed by atoms with E-state index in [9.17, 15) is 4.79 Å². The molecule has 2 heterocycles. The number of carbonyl (C=O) groups is 1. The number of rotatable bonds is 7. The molecule has 0 atom stereocenters. The number of carbonyl (C=O) groups excluding carboxylic acids is 1. The maximum Gasteiger partial charge on any atom is 0.230 e. The first kappa shape index (κ1) is 15.5. The molecule has 0 bridgehead atoms. The van der Waals surface area contributed by atoms with E-state index in [-0.39, 0.29) is 5.91 Å². The van der Waals surface area contributed by atoms with Crippen LogP contribution in [0.5, 0.6) is 0 Å². The quantitative estimate of drug-likeness (QED) is 0.850. The fraction of sp³-hybridized carbons (Fsp3) is 0.375. The largest absolute Gasteiger partial charge is 0.373 e. The summed E-state index contributed by atoms with van der Waals surface area (Å²) in [5, 5.41) is 4.80. The third-order valence-electron chi connectivity index (χ3n) is 3.22. The molecular formula is C16H21N3OS. The minimum Gasteiger partial charge on any atom is -0.373 e. The van der Waals surface area contributed by atoms with Gasteiger partial charge in [-0.3, -0.25) is 4.79 Å². The Kier molecular flexibility index (Phi) is 5.75. The molecule has 0 saturated heterocycles. The van der Waals surface area contributed by atoms with Gasteiger partial charge in [-0.25, -0.2) is 4.98 Å². The molecule has 2 rings (SSSR count). The zero-order chi connectivity index (χ0) is 15.1. The van der Waals surface area contributed by atoms with Gasteiger partial charge in [0.05, 0.1) is 18.3 Å². The molecule has 0 aromatic carbocycles. The molecule has 0 unspecified atom stereocenters. The number of anilines is 2. The molecule has 2 aromatic rings. The number of hydrogen-bond acceptors (Lipinski definition) is 4. The number of hydrogen-bond donors (Lipinski definition) is 1. The molecule has 2 aromatic heterocycles. The predicted molar refractivity (Wildman–Crippen MR) is 89.1 cm³/mol. The number of nitrogens with one attached hydrogen (secondary N) is 1. The Bertz CT molecular complexity index is 551. The highest BCUT2D eigenvalue weighted by atomic mass is 32.1. The van der Waals surface area contributed by atoms with E-state index in [1.165, 1.54) is 6.42 Å². The fourth-order valence-corrected chi connectivity index (χ4v) is 2.67. The second-order valence-electron chi connectivity index (χ2n) is 4.98. The highest BCUT2D eigenvalue weighted by Crippen LogP contribution is 2.15. The van der Waals surface area contributed by atoms with E-state index in [1.807, 2.05) is 29.6 Å². The highest BCUT2D eigenvalue weighted by Gasteiger charge is 2.06. The molecule has 1 amide bonds. The van der Waals surface area contributed by atoms with E-state index in [4.69, 9.17) is 0 Å². The van der Waals surface area contributed by atoms with Crippen LogP contribution in [0.25, 0.3) is 0 Å². The van der Waals surface area contributed by atoms with Crippen molar-refractivity contribution in [2.45, 2.75) is 26.2 Å². The van der Waals surface area contributed by atoms with Gasteiger partial charge in [0.15, 0.2) is 0 Å². The molecule has 21 heavy (non-hydrogen) atoms. The summed E-state index contributed by atoms with van der Waals surface area (Å²) in [6.45, 7) is 3.20. The monoisotopic (exact) mass is 303 g/mol. The maximum atomic E-state index is 11.9. The normalized spacial score (nSPS) is 10.4. The number of aromatic nitrogens is 1. The minimum atomic E-state index is -0.0305. The summed E-state index contributed by atoms with van der Waals surface area (Å²) in [7, 11) is 2.06. The number of unbranched alkanes of at least 4 members (excludes halogenated alkanes) is 1. The van der Waals surface area contributed by atoms with Crippen molar-refractivity contribution in [2.75, 3.05) is 23.8 Å². The van der Waals surface area contributed by atoms with E-state index < -0.39 is 0 Å². The molecular weight excluding hydrogens is 282 g/mol. The van der Waals surface area contributed by atoms with Crippen molar-refractivity contribution in [3.8, 4) is 0 Å². The lowest BCUT2D eigenvalue weighted by Gasteiger charge is -2.18. The highest BCUT2D eigenvalue weighted by molar-refractivity contribution is 7.10. The zero-order valence-corrected chi connectivity index (χ0v) is 13.3. The van der Waals surface area contributed by atoms with Gasteiger partial charge in [0, 0.05) is 18.5 Å². The number of thiophene rings is 1. The summed E-state index contributed by atoms with van der Waals surface area (Å²) < 4.78 is 0. The minimum absolute atomic E-state index is 0.0305. The van der Waals surface area contributed by atoms with Gasteiger partial charge in [-0.15, -0.1) is 11.3 Å². The van der Waals surface area contributed by atoms with Gasteiger partial charge in [0.1, 0.15) is 5.82 Å². The second-order valence-corrected chi connectivity index (χ2v) is 6.01. The Hall–Kier alpha value is -1.88. The van der Waals surface area contributed by atoms with E-state index in [1.54, 1.807) is 17.5 Å². The van der Waals surface area contributed by atoms with Crippen LogP contribution in [0.2, 0.25) is 0 Å². The van der Waals surface area contributed by atoms with Crippen LogP contribution >= 0.6 is 11.3 Å². The average Bonchev–Trinajstić information content (AvgIpc) is 2.98. The topological polar surface area (TPSA) is 45.2 Å². The average molecular weight is 303 g/mol. The first-order valence-corrected chi connectivity index (χ1v) is 8.06. The van der Waals surface area contributed by atoms with Crippen LogP contribution in [0.3, 0.4) is 0 Å². The van der Waals surface area contributed by atoms with Crippen molar-refractivity contribution >= 4 is 28.7 Å². The van der Waals surface area contributed by atoms with E-state index in [0.717, 1.165) is 23.5 Å². The number of amides is 1. The van der Waals surface area contributed by atoms with Crippen molar-refractivity contribution in [3.63, 3.8) is 0 Å². The van der Waals surface area contributed by atoms with Crippen LogP contribution in [0.15, 0.2) is 35.8 Å². The number of nitrogens with zero attached hydrogens (tertiary/aromatic N) is 2. The molecule has 0 radical (unpaired) electrons. The SMILES string of the molecule is CCCCN(C)c1ccc(NC(=O)Cc2cccs2)nc1. The summed E-state index contributed by atoms with van der Waals surface area (Å²) in [5.74, 6) is 0.571. The molecule has 1 N–H and O–H groups in total. The summed E-state index contributed by atoms with van der Waals surface area (Å²) >= 11 is 1.59. The molecule has 5 heteroatoms. The van der Waals surface area contributed by atoms with Gasteiger partial charge < -0.3 is 10.2 Å². The summed E-state index contributed by atoms with van der Waals surface area (Å²) in [5.41, 5.74) is 1.07. The van der Waals surface area contributed by atoms with Crippen LogP contribution in [0, 0.1) is 0 Å².